The third-order valence-corrected chi connectivity index (χ3v) is 9.87. The minimum absolute atomic E-state index is 0.116. The van der Waals surface area contributed by atoms with Gasteiger partial charge in [-0.2, -0.15) is 0 Å². The predicted molar refractivity (Wildman–Crippen MR) is 192 cm³/mol. The van der Waals surface area contributed by atoms with Crippen molar-refractivity contribution in [1.82, 2.24) is 9.55 Å². The lowest BCUT2D eigenvalue weighted by Gasteiger charge is -2.22. The Balaban J connectivity index is 1.15. The maximum atomic E-state index is 4.52. The number of nitrogens with zero attached hydrogens (tertiary/aromatic N) is 2. The lowest BCUT2D eigenvalue weighted by atomic mass is 9.81. The molecule has 0 N–H and O–H groups in total. The molecule has 1 aliphatic rings. The lowest BCUT2D eigenvalue weighted by molar-refractivity contribution is 0.660. The van der Waals surface area contributed by atoms with Gasteiger partial charge >= 0.3 is 0 Å². The summed E-state index contributed by atoms with van der Waals surface area (Å²) in [5.74, 6) is 0. The Bertz CT molecular complexity index is 2380. The lowest BCUT2D eigenvalue weighted by Crippen LogP contribution is -2.15. The van der Waals surface area contributed by atoms with E-state index in [4.69, 9.17) is 0 Å². The largest absolute Gasteiger partial charge is 0.309 e. The van der Waals surface area contributed by atoms with Crippen LogP contribution in [0.5, 0.6) is 0 Å². The van der Waals surface area contributed by atoms with Crippen molar-refractivity contribution >= 4 is 21.8 Å². The van der Waals surface area contributed by atoms with E-state index in [1.54, 1.807) is 0 Å². The van der Waals surface area contributed by atoms with Gasteiger partial charge in [-0.3, -0.25) is 4.98 Å². The molecule has 0 saturated heterocycles. The van der Waals surface area contributed by atoms with Crippen LogP contribution >= 0.6 is 0 Å². The van der Waals surface area contributed by atoms with Crippen molar-refractivity contribution in [2.45, 2.75) is 19.3 Å². The monoisotopic (exact) mass is 588 g/mol. The molecule has 0 radical (unpaired) electrons. The summed E-state index contributed by atoms with van der Waals surface area (Å²) in [4.78, 5) is 4.52. The molecule has 0 spiro atoms. The average Bonchev–Trinajstić information content (AvgIpc) is 3.57. The summed E-state index contributed by atoms with van der Waals surface area (Å²) in [5.41, 5.74) is 16.0. The van der Waals surface area contributed by atoms with E-state index in [0.717, 1.165) is 11.3 Å². The third kappa shape index (κ3) is 4.00. The van der Waals surface area contributed by atoms with Crippen LogP contribution in [-0.4, -0.2) is 9.55 Å². The molecule has 0 bridgehead atoms. The van der Waals surface area contributed by atoms with Gasteiger partial charge in [0.25, 0.3) is 0 Å². The highest BCUT2D eigenvalue weighted by Crippen LogP contribution is 2.53. The first-order chi connectivity index (χ1) is 22.6. The molecule has 2 nitrogen and oxygen atoms in total. The highest BCUT2D eigenvalue weighted by molar-refractivity contribution is 6.09. The normalized spacial score (nSPS) is 13.2. The Morgan fingerprint density at radius 3 is 1.89 bits per heavy atom. The molecule has 6 aromatic carbocycles. The molecule has 0 atom stereocenters. The summed E-state index contributed by atoms with van der Waals surface area (Å²) < 4.78 is 2.40. The smallest absolute Gasteiger partial charge is 0.0701 e. The summed E-state index contributed by atoms with van der Waals surface area (Å²) in [6.07, 6.45) is 1.85. The molecule has 0 unspecified atom stereocenters. The Labute approximate surface area is 269 Å². The summed E-state index contributed by atoms with van der Waals surface area (Å²) in [5, 5.41) is 2.56. The van der Waals surface area contributed by atoms with Gasteiger partial charge in [-0.1, -0.05) is 123 Å². The number of pyridine rings is 1. The van der Waals surface area contributed by atoms with Gasteiger partial charge in [0.15, 0.2) is 0 Å². The Hall–Kier alpha value is -5.73. The molecule has 2 heteroatoms. The molecule has 0 amide bonds. The van der Waals surface area contributed by atoms with Crippen molar-refractivity contribution in [2.75, 3.05) is 0 Å². The van der Waals surface area contributed by atoms with Crippen molar-refractivity contribution < 1.29 is 0 Å². The van der Waals surface area contributed by atoms with E-state index in [1.165, 1.54) is 72.0 Å². The number of hydrogen-bond acceptors (Lipinski definition) is 1. The molecule has 0 fully saturated rings. The number of para-hydroxylation sites is 2. The van der Waals surface area contributed by atoms with E-state index in [2.05, 4.69) is 163 Å². The first-order valence-electron chi connectivity index (χ1n) is 16.0. The number of fused-ring (bicyclic) bond motifs is 6. The van der Waals surface area contributed by atoms with Gasteiger partial charge in [-0.25, -0.2) is 0 Å². The fraction of sp³-hybridized carbons (Fsp3) is 0.0682. The summed E-state index contributed by atoms with van der Waals surface area (Å²) >= 11 is 0. The summed E-state index contributed by atoms with van der Waals surface area (Å²) in [6.45, 7) is 4.73. The van der Waals surface area contributed by atoms with E-state index in [9.17, 15) is 0 Å². The molecule has 218 valence electrons. The Morgan fingerprint density at radius 2 is 1.15 bits per heavy atom. The second-order valence-corrected chi connectivity index (χ2v) is 12.8. The molecule has 0 saturated carbocycles. The standard InChI is InChI=1S/C44H32N2/c1-44(2)38-16-10-15-34(32-11-9-12-33(27-32)46-41-18-5-3-13-35(41)36-14-4-6-19-42(36)46)43(38)37-25-24-31(28-39(37)44)29-20-22-30(23-21-29)40-17-7-8-26-45-40/h3-28H,1-2H3. The predicted octanol–water partition coefficient (Wildman–Crippen LogP) is 11.5. The van der Waals surface area contributed by atoms with Crippen LogP contribution in [0.15, 0.2) is 158 Å². The van der Waals surface area contributed by atoms with Crippen LogP contribution in [-0.2, 0) is 5.41 Å². The number of aromatic nitrogens is 2. The fourth-order valence-corrected chi connectivity index (χ4v) is 7.59. The van der Waals surface area contributed by atoms with Crippen LogP contribution in [0.3, 0.4) is 0 Å². The number of hydrogen-bond donors (Lipinski definition) is 0. The SMILES string of the molecule is CC1(C)c2cc(-c3ccc(-c4ccccn4)cc3)ccc2-c2c(-c3cccc(-n4c5ccccc5c5ccccc54)c3)cccc21. The molecule has 0 aliphatic heterocycles. The zero-order chi connectivity index (χ0) is 30.8. The van der Waals surface area contributed by atoms with Gasteiger partial charge in [-0.15, -0.1) is 0 Å². The van der Waals surface area contributed by atoms with E-state index in [-0.39, 0.29) is 5.41 Å². The molecule has 9 rings (SSSR count). The first kappa shape index (κ1) is 26.7. The molecule has 2 aromatic heterocycles. The zero-order valence-corrected chi connectivity index (χ0v) is 25.9. The summed E-state index contributed by atoms with van der Waals surface area (Å²) in [6, 6.07) is 55.2. The maximum Gasteiger partial charge on any atom is 0.0701 e. The van der Waals surface area contributed by atoms with Gasteiger partial charge in [0, 0.05) is 33.6 Å². The maximum absolute atomic E-state index is 4.52. The summed E-state index contributed by atoms with van der Waals surface area (Å²) in [7, 11) is 0. The van der Waals surface area contributed by atoms with Crippen LogP contribution in [0.1, 0.15) is 25.0 Å². The quantitative estimate of drug-likeness (QED) is 0.200. The van der Waals surface area contributed by atoms with Crippen LogP contribution < -0.4 is 0 Å². The second kappa shape index (κ2) is 10.2. The van der Waals surface area contributed by atoms with Crippen molar-refractivity contribution in [3.8, 4) is 50.3 Å². The zero-order valence-electron chi connectivity index (χ0n) is 25.9. The minimum atomic E-state index is -0.116. The van der Waals surface area contributed by atoms with Crippen LogP contribution in [0.4, 0.5) is 0 Å². The van der Waals surface area contributed by atoms with Crippen molar-refractivity contribution in [3.63, 3.8) is 0 Å². The topological polar surface area (TPSA) is 17.8 Å². The van der Waals surface area contributed by atoms with E-state index < -0.39 is 0 Å². The molecular weight excluding hydrogens is 556 g/mol. The van der Waals surface area contributed by atoms with E-state index >= 15 is 0 Å². The molecule has 1 aliphatic carbocycles. The molecular formula is C44H32N2. The second-order valence-electron chi connectivity index (χ2n) is 12.8. The minimum Gasteiger partial charge on any atom is -0.309 e. The highest BCUT2D eigenvalue weighted by Gasteiger charge is 2.37. The van der Waals surface area contributed by atoms with Crippen LogP contribution in [0.25, 0.3) is 72.1 Å². The molecule has 8 aromatic rings. The van der Waals surface area contributed by atoms with Gasteiger partial charge in [0.05, 0.1) is 16.7 Å². The fourth-order valence-electron chi connectivity index (χ4n) is 7.59. The van der Waals surface area contributed by atoms with Gasteiger partial charge in [-0.05, 0) is 87.0 Å². The van der Waals surface area contributed by atoms with Crippen LogP contribution in [0.2, 0.25) is 0 Å². The number of benzene rings is 6. The Kier molecular flexibility index (Phi) is 5.88. The highest BCUT2D eigenvalue weighted by atomic mass is 15.0. The van der Waals surface area contributed by atoms with Crippen molar-refractivity contribution in [3.05, 3.63) is 169 Å². The van der Waals surface area contributed by atoms with E-state index in [0.29, 0.717) is 0 Å². The molecule has 2 heterocycles. The Morgan fingerprint density at radius 1 is 0.478 bits per heavy atom. The van der Waals surface area contributed by atoms with Crippen LogP contribution in [0, 0.1) is 0 Å². The van der Waals surface area contributed by atoms with E-state index in [1.807, 2.05) is 18.3 Å². The van der Waals surface area contributed by atoms with Crippen molar-refractivity contribution in [1.29, 1.82) is 0 Å². The average molecular weight is 589 g/mol. The number of rotatable bonds is 4. The van der Waals surface area contributed by atoms with Gasteiger partial charge in [0.1, 0.15) is 0 Å². The molecule has 46 heavy (non-hydrogen) atoms. The van der Waals surface area contributed by atoms with Crippen molar-refractivity contribution in [2.24, 2.45) is 0 Å². The first-order valence-corrected chi connectivity index (χ1v) is 16.0. The van der Waals surface area contributed by atoms with Gasteiger partial charge in [0.2, 0.25) is 0 Å². The third-order valence-electron chi connectivity index (χ3n) is 9.87. The van der Waals surface area contributed by atoms with Gasteiger partial charge < -0.3 is 4.57 Å².